The van der Waals surface area contributed by atoms with Crippen LogP contribution < -0.4 is 15.4 Å². The van der Waals surface area contributed by atoms with Crippen LogP contribution >= 0.6 is 11.3 Å². The van der Waals surface area contributed by atoms with Crippen molar-refractivity contribution in [3.8, 4) is 5.75 Å². The second-order valence-corrected chi connectivity index (χ2v) is 11.5. The van der Waals surface area contributed by atoms with Crippen LogP contribution in [0.1, 0.15) is 55.4 Å². The normalized spacial score (nSPS) is 26.8. The van der Waals surface area contributed by atoms with Crippen molar-refractivity contribution in [1.82, 2.24) is 15.5 Å². The fourth-order valence-electron chi connectivity index (χ4n) is 6.85. The first-order valence-corrected chi connectivity index (χ1v) is 13.4. The third-order valence-corrected chi connectivity index (χ3v) is 8.74. The van der Waals surface area contributed by atoms with Crippen molar-refractivity contribution >= 4 is 23.3 Å². The van der Waals surface area contributed by atoms with Gasteiger partial charge in [0.25, 0.3) is 0 Å². The highest BCUT2D eigenvalue weighted by molar-refractivity contribution is 7.09. The molecule has 0 atom stereocenters. The Hall–Kier alpha value is -2.54. The van der Waals surface area contributed by atoms with Crippen molar-refractivity contribution in [2.75, 3.05) is 13.7 Å². The maximum Gasteiger partial charge on any atom is 0.315 e. The van der Waals surface area contributed by atoms with Gasteiger partial charge in [-0.2, -0.15) is 0 Å². The van der Waals surface area contributed by atoms with Crippen LogP contribution in [0.15, 0.2) is 41.8 Å². The Balaban J connectivity index is 1.16. The number of nitrogens with one attached hydrogen (secondary N) is 2. The van der Waals surface area contributed by atoms with Gasteiger partial charge < -0.3 is 20.3 Å². The number of ether oxygens (including phenoxy) is 1. The molecule has 4 aliphatic carbocycles. The third kappa shape index (κ3) is 5.24. The summed E-state index contributed by atoms with van der Waals surface area (Å²) in [6.07, 6.45) is 7.70. The molecule has 1 aromatic carbocycles. The largest absolute Gasteiger partial charge is 0.496 e. The summed E-state index contributed by atoms with van der Waals surface area (Å²) in [7, 11) is 1.65. The molecule has 4 fully saturated rings. The predicted octanol–water partition coefficient (Wildman–Crippen LogP) is 4.94. The maximum atomic E-state index is 13.2. The van der Waals surface area contributed by atoms with Crippen molar-refractivity contribution in [1.29, 1.82) is 0 Å². The fourth-order valence-corrected chi connectivity index (χ4v) is 7.57. The van der Waals surface area contributed by atoms with Gasteiger partial charge in [0.15, 0.2) is 0 Å². The number of thiophene rings is 1. The van der Waals surface area contributed by atoms with Crippen LogP contribution in [0.2, 0.25) is 0 Å². The van der Waals surface area contributed by atoms with E-state index in [1.165, 1.54) is 19.3 Å². The van der Waals surface area contributed by atoms with E-state index in [0.717, 1.165) is 53.2 Å². The van der Waals surface area contributed by atoms with Crippen molar-refractivity contribution in [2.45, 2.75) is 63.6 Å². The van der Waals surface area contributed by atoms with E-state index in [-0.39, 0.29) is 23.9 Å². The fraction of sp³-hybridized carbons (Fsp3) is 0.556. The minimum atomic E-state index is -0.121. The molecule has 4 saturated carbocycles. The molecule has 0 spiro atoms. The van der Waals surface area contributed by atoms with Crippen LogP contribution in [-0.4, -0.2) is 36.0 Å². The molecule has 1 heterocycles. The molecule has 7 heteroatoms. The first-order valence-electron chi connectivity index (χ1n) is 12.5. The topological polar surface area (TPSA) is 70.7 Å². The van der Waals surface area contributed by atoms with E-state index in [9.17, 15) is 9.59 Å². The molecule has 6 nitrogen and oxygen atoms in total. The van der Waals surface area contributed by atoms with E-state index in [1.54, 1.807) is 18.4 Å². The van der Waals surface area contributed by atoms with E-state index >= 15 is 0 Å². The zero-order valence-corrected chi connectivity index (χ0v) is 20.7. The summed E-state index contributed by atoms with van der Waals surface area (Å²) in [5, 5.41) is 8.32. The van der Waals surface area contributed by atoms with Gasteiger partial charge in [0.05, 0.1) is 13.7 Å². The molecule has 3 amide bonds. The number of rotatable bonds is 9. The summed E-state index contributed by atoms with van der Waals surface area (Å²) in [5.74, 6) is 3.16. The molecule has 34 heavy (non-hydrogen) atoms. The number of hydrogen-bond donors (Lipinski definition) is 2. The maximum absolute atomic E-state index is 13.2. The molecule has 2 aromatic rings. The third-order valence-electron chi connectivity index (χ3n) is 7.87. The number of benzene rings is 1. The Morgan fingerprint density at radius 2 is 1.74 bits per heavy atom. The van der Waals surface area contributed by atoms with E-state index < -0.39 is 0 Å². The number of amides is 3. The molecular weight excluding hydrogens is 446 g/mol. The average Bonchev–Trinajstić information content (AvgIpc) is 3.31. The molecule has 6 rings (SSSR count). The Kier molecular flexibility index (Phi) is 6.82. The molecular formula is C27H35N3O3S. The molecule has 182 valence electrons. The van der Waals surface area contributed by atoms with E-state index in [4.69, 9.17) is 4.74 Å². The second kappa shape index (κ2) is 9.98. The number of methoxy groups -OCH3 is 1. The average molecular weight is 482 g/mol. The van der Waals surface area contributed by atoms with E-state index in [2.05, 4.69) is 10.6 Å². The number of para-hydroxylation sites is 1. The van der Waals surface area contributed by atoms with Crippen LogP contribution in [0.3, 0.4) is 0 Å². The highest BCUT2D eigenvalue weighted by Gasteiger charge is 2.51. The van der Waals surface area contributed by atoms with E-state index in [1.807, 2.05) is 46.7 Å². The summed E-state index contributed by atoms with van der Waals surface area (Å²) in [6, 6.07) is 11.7. The number of carbonyl (C=O) groups is 2. The van der Waals surface area contributed by atoms with Gasteiger partial charge >= 0.3 is 6.03 Å². The lowest BCUT2D eigenvalue weighted by Crippen LogP contribution is -2.61. The molecule has 4 bridgehead atoms. The Labute approximate surface area is 206 Å². The summed E-state index contributed by atoms with van der Waals surface area (Å²) >= 11 is 1.64. The van der Waals surface area contributed by atoms with Gasteiger partial charge in [-0.25, -0.2) is 4.79 Å². The first-order chi connectivity index (χ1) is 16.5. The predicted molar refractivity (Wildman–Crippen MR) is 134 cm³/mol. The molecule has 0 aliphatic heterocycles. The van der Waals surface area contributed by atoms with Gasteiger partial charge in [0.2, 0.25) is 5.91 Å². The standard InChI is InChI=1S/C27H35N3O3S/c1-33-24-7-3-2-5-22(24)17-30(18-23-6-4-10-34-23)25(31)8-9-28-26(32)29-27-14-19-11-20(15-27)13-21(12-19)16-27/h2-7,10,19-21H,8-9,11-18H2,1H3,(H2,28,29,32). The summed E-state index contributed by atoms with van der Waals surface area (Å²) in [6.45, 7) is 1.36. The van der Waals surface area contributed by atoms with Crippen molar-refractivity contribution < 1.29 is 14.3 Å². The van der Waals surface area contributed by atoms with Crippen LogP contribution in [0, 0.1) is 17.8 Å². The van der Waals surface area contributed by atoms with Gasteiger partial charge in [0.1, 0.15) is 5.75 Å². The van der Waals surface area contributed by atoms with Crippen LogP contribution in [0.5, 0.6) is 5.75 Å². The molecule has 0 radical (unpaired) electrons. The first kappa shape index (κ1) is 23.2. The lowest BCUT2D eigenvalue weighted by atomic mass is 9.53. The Morgan fingerprint density at radius 1 is 1.03 bits per heavy atom. The lowest BCUT2D eigenvalue weighted by molar-refractivity contribution is -0.132. The Bertz CT molecular complexity index is 971. The smallest absolute Gasteiger partial charge is 0.315 e. The SMILES string of the molecule is COc1ccccc1CN(Cc1cccs1)C(=O)CCNC(=O)NC12CC3CC(CC(C3)C1)C2. The Morgan fingerprint density at radius 3 is 2.38 bits per heavy atom. The van der Waals surface area contributed by atoms with Gasteiger partial charge in [-0.05, 0) is 73.8 Å². The highest BCUT2D eigenvalue weighted by atomic mass is 32.1. The molecule has 0 saturated heterocycles. The molecule has 2 N–H and O–H groups in total. The zero-order valence-electron chi connectivity index (χ0n) is 19.9. The second-order valence-electron chi connectivity index (χ2n) is 10.5. The number of urea groups is 1. The summed E-state index contributed by atoms with van der Waals surface area (Å²) < 4.78 is 5.49. The zero-order chi connectivity index (χ0) is 23.5. The van der Waals surface area contributed by atoms with Gasteiger partial charge in [0, 0.05) is 35.5 Å². The highest BCUT2D eigenvalue weighted by Crippen LogP contribution is 2.55. The number of carbonyl (C=O) groups excluding carboxylic acids is 2. The van der Waals surface area contributed by atoms with Crippen LogP contribution in [0.25, 0.3) is 0 Å². The quantitative estimate of drug-likeness (QED) is 0.533. The van der Waals surface area contributed by atoms with Gasteiger partial charge in [-0.15, -0.1) is 11.3 Å². The van der Waals surface area contributed by atoms with Gasteiger partial charge in [-0.1, -0.05) is 24.3 Å². The van der Waals surface area contributed by atoms with Crippen molar-refractivity contribution in [3.63, 3.8) is 0 Å². The van der Waals surface area contributed by atoms with Gasteiger partial charge in [-0.3, -0.25) is 4.79 Å². The monoisotopic (exact) mass is 481 g/mol. The van der Waals surface area contributed by atoms with Crippen LogP contribution in [-0.2, 0) is 17.9 Å². The lowest BCUT2D eigenvalue weighted by Gasteiger charge is -2.56. The van der Waals surface area contributed by atoms with Crippen molar-refractivity contribution in [2.24, 2.45) is 17.8 Å². The minimum absolute atomic E-state index is 0.0160. The van der Waals surface area contributed by atoms with Crippen LogP contribution in [0.4, 0.5) is 4.79 Å². The molecule has 1 aromatic heterocycles. The van der Waals surface area contributed by atoms with E-state index in [0.29, 0.717) is 19.6 Å². The number of nitrogens with zero attached hydrogens (tertiary/aromatic N) is 1. The molecule has 4 aliphatic rings. The number of hydrogen-bond acceptors (Lipinski definition) is 4. The molecule has 0 unspecified atom stereocenters. The minimum Gasteiger partial charge on any atom is -0.496 e. The summed E-state index contributed by atoms with van der Waals surface area (Å²) in [4.78, 5) is 28.9. The van der Waals surface area contributed by atoms with Crippen molar-refractivity contribution in [3.05, 3.63) is 52.2 Å². The summed E-state index contributed by atoms with van der Waals surface area (Å²) in [5.41, 5.74) is 0.959.